The van der Waals surface area contributed by atoms with Crippen LogP contribution in [0.25, 0.3) is 0 Å². The third-order valence-electron chi connectivity index (χ3n) is 5.76. The van der Waals surface area contributed by atoms with Crippen LogP contribution in [0.1, 0.15) is 41.7 Å². The van der Waals surface area contributed by atoms with E-state index in [0.29, 0.717) is 26.2 Å². The van der Waals surface area contributed by atoms with Crippen LogP contribution in [0.3, 0.4) is 0 Å². The van der Waals surface area contributed by atoms with Gasteiger partial charge in [0.25, 0.3) is 11.5 Å². The van der Waals surface area contributed by atoms with E-state index in [9.17, 15) is 18.0 Å². The van der Waals surface area contributed by atoms with E-state index in [1.54, 1.807) is 10.6 Å². The summed E-state index contributed by atoms with van der Waals surface area (Å²) in [5, 5.41) is 0. The number of hydrogen-bond acceptors (Lipinski definition) is 5. The molecule has 4 rings (SSSR count). The van der Waals surface area contributed by atoms with Crippen molar-refractivity contribution in [1.82, 2.24) is 8.87 Å². The number of sulfonamides is 1. The fourth-order valence-electron chi connectivity index (χ4n) is 4.40. The Morgan fingerprint density at radius 1 is 1.20 bits per heavy atom. The summed E-state index contributed by atoms with van der Waals surface area (Å²) in [6.07, 6.45) is 1.60. The van der Waals surface area contributed by atoms with Crippen molar-refractivity contribution >= 4 is 15.9 Å². The highest BCUT2D eigenvalue weighted by molar-refractivity contribution is 7.89. The van der Waals surface area contributed by atoms with Gasteiger partial charge in [-0.05, 0) is 43.0 Å². The molecule has 1 fully saturated rings. The second-order valence-electron chi connectivity index (χ2n) is 7.89. The summed E-state index contributed by atoms with van der Waals surface area (Å²) in [6.45, 7) is 3.47. The highest BCUT2D eigenvalue weighted by Crippen LogP contribution is 2.37. The molecule has 0 spiro atoms. The molecule has 0 radical (unpaired) electrons. The van der Waals surface area contributed by atoms with Gasteiger partial charge >= 0.3 is 0 Å². The summed E-state index contributed by atoms with van der Waals surface area (Å²) in [5.74, 6) is -0.424. The van der Waals surface area contributed by atoms with Crippen molar-refractivity contribution in [2.75, 3.05) is 19.7 Å². The van der Waals surface area contributed by atoms with Crippen LogP contribution in [-0.2, 0) is 16.6 Å². The molecule has 3 heterocycles. The molecule has 2 aliphatic heterocycles. The van der Waals surface area contributed by atoms with E-state index in [4.69, 9.17) is 10.5 Å². The Morgan fingerprint density at radius 2 is 2.00 bits per heavy atom. The van der Waals surface area contributed by atoms with Gasteiger partial charge in [0.15, 0.2) is 0 Å². The van der Waals surface area contributed by atoms with E-state index in [2.05, 4.69) is 0 Å². The predicted molar refractivity (Wildman–Crippen MR) is 111 cm³/mol. The minimum atomic E-state index is -3.83. The van der Waals surface area contributed by atoms with Gasteiger partial charge in [0.1, 0.15) is 5.75 Å². The summed E-state index contributed by atoms with van der Waals surface area (Å²) in [7, 11) is -3.83. The maximum absolute atomic E-state index is 13.4. The number of piperidine rings is 1. The average Bonchev–Trinajstić information content (AvgIpc) is 2.72. The summed E-state index contributed by atoms with van der Waals surface area (Å²) in [4.78, 5) is 24.1. The zero-order valence-electron chi connectivity index (χ0n) is 16.8. The maximum Gasteiger partial charge on any atom is 0.252 e. The Morgan fingerprint density at radius 3 is 2.73 bits per heavy atom. The van der Waals surface area contributed by atoms with Gasteiger partial charge in [-0.3, -0.25) is 9.59 Å². The lowest BCUT2D eigenvalue weighted by atomic mass is 9.84. The van der Waals surface area contributed by atoms with Crippen molar-refractivity contribution in [3.05, 3.63) is 58.0 Å². The van der Waals surface area contributed by atoms with Crippen LogP contribution in [0.4, 0.5) is 0 Å². The fraction of sp³-hybridized carbons (Fsp3) is 0.429. The first-order valence-electron chi connectivity index (χ1n) is 10.1. The van der Waals surface area contributed by atoms with Crippen LogP contribution in [0.2, 0.25) is 0 Å². The number of nitrogens with two attached hydrogens (primary N) is 1. The number of ether oxygens (including phenoxy) is 1. The molecule has 1 amide bonds. The Labute approximate surface area is 175 Å². The quantitative estimate of drug-likeness (QED) is 0.746. The largest absolute Gasteiger partial charge is 0.493 e. The zero-order valence-corrected chi connectivity index (χ0v) is 17.6. The number of amides is 1. The molecule has 2 atom stereocenters. The molecule has 9 heteroatoms. The first kappa shape index (κ1) is 20.6. The Kier molecular flexibility index (Phi) is 5.42. The van der Waals surface area contributed by atoms with Crippen LogP contribution in [0.5, 0.6) is 5.75 Å². The molecule has 0 saturated carbocycles. The van der Waals surface area contributed by atoms with Gasteiger partial charge in [0, 0.05) is 37.3 Å². The average molecular weight is 432 g/mol. The maximum atomic E-state index is 13.4. The summed E-state index contributed by atoms with van der Waals surface area (Å²) in [5.41, 5.74) is 6.34. The van der Waals surface area contributed by atoms with E-state index < -0.39 is 15.9 Å². The van der Waals surface area contributed by atoms with Crippen LogP contribution in [0, 0.1) is 5.92 Å². The van der Waals surface area contributed by atoms with E-state index in [1.807, 2.05) is 13.0 Å². The van der Waals surface area contributed by atoms with Crippen LogP contribution in [-0.4, -0.2) is 42.9 Å². The number of aromatic nitrogens is 1. The Balaban J connectivity index is 1.66. The van der Waals surface area contributed by atoms with Gasteiger partial charge in [-0.1, -0.05) is 13.0 Å². The second-order valence-corrected chi connectivity index (χ2v) is 9.83. The van der Waals surface area contributed by atoms with Gasteiger partial charge < -0.3 is 15.0 Å². The number of carbonyl (C=O) groups is 1. The number of hydrogen-bond donors (Lipinski definition) is 1. The summed E-state index contributed by atoms with van der Waals surface area (Å²) >= 11 is 0. The van der Waals surface area contributed by atoms with Crippen LogP contribution < -0.4 is 16.0 Å². The zero-order chi connectivity index (χ0) is 21.5. The van der Waals surface area contributed by atoms with Crippen molar-refractivity contribution in [3.8, 4) is 5.75 Å². The number of carbonyl (C=O) groups excluding carboxylic acids is 1. The molecule has 30 heavy (non-hydrogen) atoms. The van der Waals surface area contributed by atoms with Gasteiger partial charge in [0.2, 0.25) is 10.0 Å². The molecule has 2 N–H and O–H groups in total. The third-order valence-corrected chi connectivity index (χ3v) is 7.59. The molecule has 1 saturated heterocycles. The summed E-state index contributed by atoms with van der Waals surface area (Å²) < 4.78 is 35.5. The smallest absolute Gasteiger partial charge is 0.252 e. The SMILES string of the molecule is CCCOc1ccc(S(=O)(=O)N2C[C@H]3C[C@@H](C2)c2cccc(=O)n2C3)cc1C(N)=O. The number of primary amides is 1. The first-order valence-corrected chi connectivity index (χ1v) is 11.5. The van der Waals surface area contributed by atoms with E-state index in [1.165, 1.54) is 28.6 Å². The number of fused-ring (bicyclic) bond motifs is 4. The normalized spacial score (nSPS) is 21.1. The van der Waals surface area contributed by atoms with Crippen molar-refractivity contribution in [2.24, 2.45) is 11.7 Å². The molecule has 160 valence electrons. The lowest BCUT2D eigenvalue weighted by Gasteiger charge is -2.42. The van der Waals surface area contributed by atoms with Crippen LogP contribution in [0.15, 0.2) is 46.1 Å². The summed E-state index contributed by atoms with van der Waals surface area (Å²) in [6, 6.07) is 9.38. The number of benzene rings is 1. The second kappa shape index (κ2) is 7.88. The fourth-order valence-corrected chi connectivity index (χ4v) is 5.99. The van der Waals surface area contributed by atoms with Gasteiger partial charge in [-0.2, -0.15) is 4.31 Å². The standard InChI is InChI=1S/C21H25N3O5S/c1-2-8-29-19-7-6-16(10-17(19)21(22)26)30(27,28)23-11-14-9-15(13-23)18-4-3-5-20(25)24(18)12-14/h3-7,10,14-15H,2,8-9,11-13H2,1H3,(H2,22,26)/t14-,15+/m1/s1. The van der Waals surface area contributed by atoms with Crippen molar-refractivity contribution in [1.29, 1.82) is 0 Å². The number of pyridine rings is 1. The highest BCUT2D eigenvalue weighted by atomic mass is 32.2. The minimum Gasteiger partial charge on any atom is -0.493 e. The molecule has 2 aromatic rings. The van der Waals surface area contributed by atoms with Crippen LogP contribution >= 0.6 is 0 Å². The molecule has 0 unspecified atom stereocenters. The molecule has 1 aromatic heterocycles. The van der Waals surface area contributed by atoms with Crippen molar-refractivity contribution < 1.29 is 17.9 Å². The van der Waals surface area contributed by atoms with Crippen molar-refractivity contribution in [2.45, 2.75) is 37.1 Å². The molecule has 8 nitrogen and oxygen atoms in total. The number of nitrogens with zero attached hydrogens (tertiary/aromatic N) is 2. The molecule has 2 bridgehead atoms. The minimum absolute atomic E-state index is 0.0191. The van der Waals surface area contributed by atoms with E-state index in [-0.39, 0.29) is 33.6 Å². The first-order chi connectivity index (χ1) is 14.3. The Hall–Kier alpha value is -2.65. The molecule has 0 aliphatic carbocycles. The highest BCUT2D eigenvalue weighted by Gasteiger charge is 2.39. The van der Waals surface area contributed by atoms with Gasteiger partial charge in [0.05, 0.1) is 17.1 Å². The monoisotopic (exact) mass is 431 g/mol. The molecule has 2 aliphatic rings. The third kappa shape index (κ3) is 3.63. The molecular formula is C21H25N3O5S. The van der Waals surface area contributed by atoms with Crippen molar-refractivity contribution in [3.63, 3.8) is 0 Å². The predicted octanol–water partition coefficient (Wildman–Crippen LogP) is 1.54. The van der Waals surface area contributed by atoms with E-state index in [0.717, 1.165) is 18.5 Å². The van der Waals surface area contributed by atoms with E-state index >= 15 is 0 Å². The van der Waals surface area contributed by atoms with Gasteiger partial charge in [-0.25, -0.2) is 8.42 Å². The molecular weight excluding hydrogens is 406 g/mol. The Bertz CT molecular complexity index is 1140. The topological polar surface area (TPSA) is 112 Å². The molecule has 1 aromatic carbocycles. The lowest BCUT2D eigenvalue weighted by Crippen LogP contribution is -2.49. The number of rotatable bonds is 6. The lowest BCUT2D eigenvalue weighted by molar-refractivity contribution is 0.0996. The van der Waals surface area contributed by atoms with Gasteiger partial charge in [-0.15, -0.1) is 0 Å².